The van der Waals surface area contributed by atoms with Gasteiger partial charge in [0.15, 0.2) is 0 Å². The third-order valence-electron chi connectivity index (χ3n) is 4.59. The normalized spacial score (nSPS) is 14.6. The maximum atomic E-state index is 12.7. The van der Waals surface area contributed by atoms with Crippen LogP contribution in [-0.4, -0.2) is 23.4 Å². The summed E-state index contributed by atoms with van der Waals surface area (Å²) in [6.07, 6.45) is 4.80. The maximum Gasteiger partial charge on any atom is 0.261 e. The Kier molecular flexibility index (Phi) is 5.88. The fourth-order valence-corrected chi connectivity index (χ4v) is 5.36. The van der Waals surface area contributed by atoms with Crippen molar-refractivity contribution in [2.45, 2.75) is 48.8 Å². The molecule has 1 aliphatic carbocycles. The molecule has 1 aliphatic rings. The lowest BCUT2D eigenvalue weighted by Crippen LogP contribution is -2.24. The summed E-state index contributed by atoms with van der Waals surface area (Å²) in [7, 11) is -7.30. The van der Waals surface area contributed by atoms with Gasteiger partial charge in [-0.15, -0.1) is 0 Å². The molecule has 0 unspecified atom stereocenters. The van der Waals surface area contributed by atoms with Crippen LogP contribution in [0.2, 0.25) is 0 Å². The first-order valence-corrected chi connectivity index (χ1v) is 12.0. The molecule has 2 N–H and O–H groups in total. The van der Waals surface area contributed by atoms with Crippen LogP contribution in [0.3, 0.4) is 0 Å². The van der Waals surface area contributed by atoms with E-state index in [2.05, 4.69) is 9.44 Å². The van der Waals surface area contributed by atoms with Crippen molar-refractivity contribution < 1.29 is 16.8 Å². The zero-order valence-corrected chi connectivity index (χ0v) is 16.9. The predicted molar refractivity (Wildman–Crippen MR) is 106 cm³/mol. The number of aryl methyl sites for hydroxylation is 2. The van der Waals surface area contributed by atoms with Crippen molar-refractivity contribution >= 4 is 25.7 Å². The van der Waals surface area contributed by atoms with E-state index in [0.29, 0.717) is 18.7 Å². The Morgan fingerprint density at radius 2 is 1.44 bits per heavy atom. The predicted octanol–water partition coefficient (Wildman–Crippen LogP) is 3.05. The van der Waals surface area contributed by atoms with Gasteiger partial charge in [0.1, 0.15) is 0 Å². The number of fused-ring (bicyclic) bond motifs is 1. The molecule has 0 amide bonds. The van der Waals surface area contributed by atoms with Crippen molar-refractivity contribution in [2.24, 2.45) is 0 Å². The third-order valence-corrected chi connectivity index (χ3v) is 7.45. The topological polar surface area (TPSA) is 92.3 Å². The van der Waals surface area contributed by atoms with Gasteiger partial charge in [-0.3, -0.25) is 4.72 Å². The fraction of sp³-hybridized carbons (Fsp3) is 0.368. The average Bonchev–Trinajstić information content (AvgIpc) is 2.66. The molecule has 2 aromatic rings. The monoisotopic (exact) mass is 408 g/mol. The number of anilines is 1. The van der Waals surface area contributed by atoms with Crippen LogP contribution in [0.1, 0.15) is 37.3 Å². The molecule has 0 radical (unpaired) electrons. The Balaban J connectivity index is 1.78. The van der Waals surface area contributed by atoms with E-state index < -0.39 is 20.0 Å². The summed E-state index contributed by atoms with van der Waals surface area (Å²) >= 11 is 0. The van der Waals surface area contributed by atoms with Gasteiger partial charge < -0.3 is 0 Å². The molecule has 3 rings (SSSR count). The molecule has 0 saturated carbocycles. The second-order valence-electron chi connectivity index (χ2n) is 6.67. The largest absolute Gasteiger partial charge is 0.280 e. The Hall–Kier alpha value is -1.90. The average molecular weight is 409 g/mol. The van der Waals surface area contributed by atoms with Crippen LogP contribution >= 0.6 is 0 Å². The molecule has 27 heavy (non-hydrogen) atoms. The molecule has 0 aliphatic heterocycles. The summed E-state index contributed by atoms with van der Waals surface area (Å²) in [4.78, 5) is 0.331. The van der Waals surface area contributed by atoms with Crippen LogP contribution < -0.4 is 9.44 Å². The summed E-state index contributed by atoms with van der Waals surface area (Å²) in [6, 6.07) is 10.9. The van der Waals surface area contributed by atoms with Gasteiger partial charge in [0, 0.05) is 12.2 Å². The van der Waals surface area contributed by atoms with Crippen molar-refractivity contribution in [3.05, 3.63) is 53.6 Å². The molecule has 0 fully saturated rings. The molecule has 146 valence electrons. The van der Waals surface area contributed by atoms with Crippen LogP contribution in [-0.2, 0) is 32.9 Å². The summed E-state index contributed by atoms with van der Waals surface area (Å²) in [5.41, 5.74) is 2.63. The molecular formula is C19H24N2O4S2. The van der Waals surface area contributed by atoms with Gasteiger partial charge in [0.25, 0.3) is 10.0 Å². The highest BCUT2D eigenvalue weighted by Gasteiger charge is 2.19. The quantitative estimate of drug-likeness (QED) is 0.736. The highest BCUT2D eigenvalue weighted by atomic mass is 32.2. The van der Waals surface area contributed by atoms with E-state index in [0.717, 1.165) is 31.2 Å². The lowest BCUT2D eigenvalue weighted by molar-refractivity contribution is 0.581. The molecule has 0 spiro atoms. The molecule has 0 aromatic heterocycles. The number of hydrogen-bond acceptors (Lipinski definition) is 4. The van der Waals surface area contributed by atoms with Crippen LogP contribution in [0.15, 0.2) is 52.3 Å². The van der Waals surface area contributed by atoms with Crippen LogP contribution in [0.5, 0.6) is 0 Å². The molecule has 2 aromatic carbocycles. The fourth-order valence-electron chi connectivity index (χ4n) is 3.11. The van der Waals surface area contributed by atoms with E-state index in [1.54, 1.807) is 12.1 Å². The SMILES string of the molecule is CCCNS(=O)(=O)c1ccc(NS(=O)(=O)c2ccc3c(c2)CCCC3)cc1. The van der Waals surface area contributed by atoms with Crippen molar-refractivity contribution in [2.75, 3.05) is 11.3 Å². The Morgan fingerprint density at radius 1 is 0.815 bits per heavy atom. The number of hydrogen-bond donors (Lipinski definition) is 2. The number of nitrogens with one attached hydrogen (secondary N) is 2. The van der Waals surface area contributed by atoms with Gasteiger partial charge in [-0.2, -0.15) is 0 Å². The molecule has 6 nitrogen and oxygen atoms in total. The summed E-state index contributed by atoms with van der Waals surface area (Å²) in [5.74, 6) is 0. The first-order chi connectivity index (χ1) is 12.8. The second kappa shape index (κ2) is 8.00. The van der Waals surface area contributed by atoms with Gasteiger partial charge >= 0.3 is 0 Å². The van der Waals surface area contributed by atoms with E-state index in [-0.39, 0.29) is 9.79 Å². The van der Waals surface area contributed by atoms with E-state index >= 15 is 0 Å². The molecule has 0 atom stereocenters. The van der Waals surface area contributed by atoms with Gasteiger partial charge in [0.2, 0.25) is 10.0 Å². The van der Waals surface area contributed by atoms with E-state index in [9.17, 15) is 16.8 Å². The zero-order valence-electron chi connectivity index (χ0n) is 15.2. The van der Waals surface area contributed by atoms with E-state index in [1.807, 2.05) is 13.0 Å². The highest BCUT2D eigenvalue weighted by Crippen LogP contribution is 2.25. The smallest absolute Gasteiger partial charge is 0.261 e. The van der Waals surface area contributed by atoms with Gasteiger partial charge in [0.05, 0.1) is 9.79 Å². The third kappa shape index (κ3) is 4.69. The summed E-state index contributed by atoms with van der Waals surface area (Å²) < 4.78 is 54.5. The molecule has 0 saturated heterocycles. The standard InChI is InChI=1S/C19H24N2O4S2/c1-2-13-20-26(22,23)18-11-8-17(9-12-18)21-27(24,25)19-10-7-15-5-3-4-6-16(15)14-19/h7-12,14,20-21H,2-6,13H2,1H3. The van der Waals surface area contributed by atoms with Gasteiger partial charge in [-0.05, 0) is 79.6 Å². The number of sulfonamides is 2. The lowest BCUT2D eigenvalue weighted by Gasteiger charge is -2.17. The van der Waals surface area contributed by atoms with Crippen LogP contribution in [0.4, 0.5) is 5.69 Å². The highest BCUT2D eigenvalue weighted by molar-refractivity contribution is 7.92. The van der Waals surface area contributed by atoms with E-state index in [1.165, 1.54) is 29.8 Å². The first-order valence-electron chi connectivity index (χ1n) is 9.06. The summed E-state index contributed by atoms with van der Waals surface area (Å²) in [5, 5.41) is 0. The molecule has 8 heteroatoms. The Bertz CT molecular complexity index is 1010. The van der Waals surface area contributed by atoms with Crippen molar-refractivity contribution in [1.29, 1.82) is 0 Å². The second-order valence-corrected chi connectivity index (χ2v) is 10.1. The minimum Gasteiger partial charge on any atom is -0.280 e. The Labute approximate surface area is 161 Å². The van der Waals surface area contributed by atoms with Crippen LogP contribution in [0, 0.1) is 0 Å². The Morgan fingerprint density at radius 3 is 2.11 bits per heavy atom. The van der Waals surface area contributed by atoms with Crippen LogP contribution in [0.25, 0.3) is 0 Å². The lowest BCUT2D eigenvalue weighted by atomic mass is 9.92. The van der Waals surface area contributed by atoms with Gasteiger partial charge in [-0.1, -0.05) is 13.0 Å². The molecular weight excluding hydrogens is 384 g/mol. The number of benzene rings is 2. The zero-order chi connectivity index (χ0) is 19.5. The van der Waals surface area contributed by atoms with Crippen molar-refractivity contribution in [3.8, 4) is 0 Å². The minimum atomic E-state index is -3.72. The van der Waals surface area contributed by atoms with Crippen molar-refractivity contribution in [1.82, 2.24) is 4.72 Å². The molecule has 0 bridgehead atoms. The molecule has 0 heterocycles. The summed E-state index contributed by atoms with van der Waals surface area (Å²) in [6.45, 7) is 2.23. The number of rotatable bonds is 7. The van der Waals surface area contributed by atoms with E-state index in [4.69, 9.17) is 0 Å². The maximum absolute atomic E-state index is 12.7. The van der Waals surface area contributed by atoms with Gasteiger partial charge in [-0.25, -0.2) is 21.6 Å². The van der Waals surface area contributed by atoms with Crippen molar-refractivity contribution in [3.63, 3.8) is 0 Å². The minimum absolute atomic E-state index is 0.104. The first kappa shape index (κ1) is 19.9.